The highest BCUT2D eigenvalue weighted by Gasteiger charge is 2.33. The number of anilines is 1. The lowest BCUT2D eigenvalue weighted by atomic mass is 9.97. The Kier molecular flexibility index (Phi) is 7.07. The molecular weight excluding hydrogens is 368 g/mol. The van der Waals surface area contributed by atoms with Gasteiger partial charge in [0.25, 0.3) is 5.91 Å². The number of carbonyl (C=O) groups is 3. The normalized spacial score (nSPS) is 18.6. The van der Waals surface area contributed by atoms with E-state index in [-0.39, 0.29) is 24.1 Å². The van der Waals surface area contributed by atoms with Crippen molar-refractivity contribution in [2.24, 2.45) is 0 Å². The van der Waals surface area contributed by atoms with Crippen molar-refractivity contribution in [2.45, 2.75) is 64.9 Å². The van der Waals surface area contributed by atoms with Gasteiger partial charge in [-0.05, 0) is 63.6 Å². The molecule has 0 fully saturated rings. The number of fused-ring (bicyclic) bond motifs is 1. The van der Waals surface area contributed by atoms with Crippen molar-refractivity contribution in [3.8, 4) is 5.75 Å². The smallest absolute Gasteiger partial charge is 0.268 e. The minimum Gasteiger partial charge on any atom is -0.479 e. The van der Waals surface area contributed by atoms with Crippen LogP contribution in [-0.4, -0.2) is 36.8 Å². The number of allylic oxidation sites excluding steroid dienone is 1. The highest BCUT2D eigenvalue weighted by atomic mass is 16.5. The van der Waals surface area contributed by atoms with E-state index < -0.39 is 6.10 Å². The lowest BCUT2D eigenvalue weighted by Gasteiger charge is -2.32. The van der Waals surface area contributed by atoms with E-state index in [4.69, 9.17) is 4.74 Å². The van der Waals surface area contributed by atoms with Crippen molar-refractivity contribution in [3.63, 3.8) is 0 Å². The summed E-state index contributed by atoms with van der Waals surface area (Å²) in [4.78, 5) is 38.9. The first-order chi connectivity index (χ1) is 14.0. The third-order valence-corrected chi connectivity index (χ3v) is 5.42. The molecule has 1 N–H and O–H groups in total. The van der Waals surface area contributed by atoms with Gasteiger partial charge in [-0.2, -0.15) is 0 Å². The molecule has 1 aliphatic heterocycles. The Labute approximate surface area is 172 Å². The summed E-state index contributed by atoms with van der Waals surface area (Å²) in [6, 6.07) is 5.09. The first-order valence-electron chi connectivity index (χ1n) is 10.6. The van der Waals surface area contributed by atoms with Crippen molar-refractivity contribution in [1.29, 1.82) is 0 Å². The number of carbonyl (C=O) groups excluding carboxylic acids is 3. The lowest BCUT2D eigenvalue weighted by molar-refractivity contribution is -0.128. The molecule has 1 aromatic rings. The minimum atomic E-state index is -0.667. The number of rotatable bonds is 8. The number of ketones is 1. The molecule has 1 aromatic carbocycles. The van der Waals surface area contributed by atoms with Gasteiger partial charge in [0.1, 0.15) is 12.3 Å². The van der Waals surface area contributed by atoms with E-state index in [1.807, 2.05) is 6.92 Å². The molecule has 29 heavy (non-hydrogen) atoms. The standard InChI is InChI=1S/C23H30N2O4/c1-3-7-20(26)18-10-11-21-19(14-18)25(23(28)16(2)29-21)15-22(27)24-13-12-17-8-5-4-6-9-17/h8,10-11,14,16H,3-7,9,12-13,15H2,1-2H3,(H,24,27). The van der Waals surface area contributed by atoms with Gasteiger partial charge >= 0.3 is 0 Å². The van der Waals surface area contributed by atoms with E-state index in [9.17, 15) is 14.4 Å². The zero-order valence-electron chi connectivity index (χ0n) is 17.3. The Balaban J connectivity index is 1.68. The van der Waals surface area contributed by atoms with E-state index in [2.05, 4.69) is 11.4 Å². The molecule has 0 saturated heterocycles. The maximum Gasteiger partial charge on any atom is 0.268 e. The molecule has 1 unspecified atom stereocenters. The number of ether oxygens (including phenoxy) is 1. The molecule has 1 heterocycles. The maximum atomic E-state index is 12.7. The fraction of sp³-hybridized carbons (Fsp3) is 0.522. The summed E-state index contributed by atoms with van der Waals surface area (Å²) in [5.41, 5.74) is 2.42. The van der Waals surface area contributed by atoms with Gasteiger partial charge < -0.3 is 10.1 Å². The third kappa shape index (κ3) is 5.25. The van der Waals surface area contributed by atoms with Crippen LogP contribution in [0.5, 0.6) is 5.75 Å². The van der Waals surface area contributed by atoms with Crippen LogP contribution in [0.25, 0.3) is 0 Å². The molecule has 0 bridgehead atoms. The minimum absolute atomic E-state index is 0.0199. The van der Waals surface area contributed by atoms with Crippen LogP contribution in [0.3, 0.4) is 0 Å². The summed E-state index contributed by atoms with van der Waals surface area (Å²) in [5.74, 6) is 0.0552. The zero-order chi connectivity index (χ0) is 20.8. The summed E-state index contributed by atoms with van der Waals surface area (Å²) < 4.78 is 5.67. The third-order valence-electron chi connectivity index (χ3n) is 5.42. The van der Waals surface area contributed by atoms with Gasteiger partial charge in [0.2, 0.25) is 5.91 Å². The molecule has 0 aromatic heterocycles. The molecule has 6 heteroatoms. The average Bonchev–Trinajstić information content (AvgIpc) is 2.72. The van der Waals surface area contributed by atoms with E-state index >= 15 is 0 Å². The van der Waals surface area contributed by atoms with Crippen molar-refractivity contribution in [2.75, 3.05) is 18.0 Å². The summed E-state index contributed by atoms with van der Waals surface area (Å²) in [5, 5.41) is 2.92. The Morgan fingerprint density at radius 2 is 2.10 bits per heavy atom. The maximum absolute atomic E-state index is 12.7. The van der Waals surface area contributed by atoms with Gasteiger partial charge in [0.15, 0.2) is 11.9 Å². The molecule has 1 atom stereocenters. The van der Waals surface area contributed by atoms with E-state index in [0.717, 1.165) is 25.7 Å². The van der Waals surface area contributed by atoms with Crippen molar-refractivity contribution in [3.05, 3.63) is 35.4 Å². The van der Waals surface area contributed by atoms with E-state index in [1.165, 1.54) is 23.3 Å². The summed E-state index contributed by atoms with van der Waals surface area (Å²) in [7, 11) is 0. The Bertz CT molecular complexity index is 815. The topological polar surface area (TPSA) is 75.7 Å². The van der Waals surface area contributed by atoms with Crippen LogP contribution >= 0.6 is 0 Å². The zero-order valence-corrected chi connectivity index (χ0v) is 17.3. The monoisotopic (exact) mass is 398 g/mol. The average molecular weight is 399 g/mol. The number of Topliss-reactive ketones (excluding diaryl/α,β-unsaturated/α-hetero) is 1. The Hall–Kier alpha value is -2.63. The number of amides is 2. The second-order valence-corrected chi connectivity index (χ2v) is 7.75. The molecule has 1 aliphatic carbocycles. The fourth-order valence-corrected chi connectivity index (χ4v) is 3.81. The second kappa shape index (κ2) is 9.72. The quantitative estimate of drug-likeness (QED) is 0.534. The molecular formula is C23H30N2O4. The highest BCUT2D eigenvalue weighted by molar-refractivity contribution is 6.05. The fourth-order valence-electron chi connectivity index (χ4n) is 3.81. The van der Waals surface area contributed by atoms with Gasteiger partial charge in [-0.25, -0.2) is 0 Å². The van der Waals surface area contributed by atoms with Crippen LogP contribution in [-0.2, 0) is 9.59 Å². The van der Waals surface area contributed by atoms with Crippen molar-refractivity contribution in [1.82, 2.24) is 5.32 Å². The molecule has 2 aliphatic rings. The predicted octanol–water partition coefficient (Wildman–Crippen LogP) is 3.79. The second-order valence-electron chi connectivity index (χ2n) is 7.75. The summed E-state index contributed by atoms with van der Waals surface area (Å²) >= 11 is 0. The summed E-state index contributed by atoms with van der Waals surface area (Å²) in [6.07, 6.45) is 8.35. The Morgan fingerprint density at radius 3 is 2.83 bits per heavy atom. The van der Waals surface area contributed by atoms with Gasteiger partial charge in [-0.15, -0.1) is 0 Å². The van der Waals surface area contributed by atoms with Crippen LogP contribution in [0.1, 0.15) is 69.2 Å². The molecule has 6 nitrogen and oxygen atoms in total. The van der Waals surface area contributed by atoms with Crippen LogP contribution in [0.2, 0.25) is 0 Å². The van der Waals surface area contributed by atoms with Gasteiger partial charge in [0.05, 0.1) is 5.69 Å². The van der Waals surface area contributed by atoms with Crippen LogP contribution < -0.4 is 15.0 Å². The largest absolute Gasteiger partial charge is 0.479 e. The molecule has 0 spiro atoms. The van der Waals surface area contributed by atoms with Gasteiger partial charge in [-0.3, -0.25) is 19.3 Å². The first kappa shape index (κ1) is 21.1. The molecule has 2 amide bonds. The van der Waals surface area contributed by atoms with Crippen LogP contribution in [0.15, 0.2) is 29.8 Å². The first-order valence-corrected chi connectivity index (χ1v) is 10.6. The predicted molar refractivity (Wildman–Crippen MR) is 112 cm³/mol. The van der Waals surface area contributed by atoms with Crippen LogP contribution in [0, 0.1) is 0 Å². The Morgan fingerprint density at radius 1 is 1.28 bits per heavy atom. The van der Waals surface area contributed by atoms with Gasteiger partial charge in [-0.1, -0.05) is 18.6 Å². The number of hydrogen-bond donors (Lipinski definition) is 1. The van der Waals surface area contributed by atoms with Crippen LogP contribution in [0.4, 0.5) is 5.69 Å². The number of hydrogen-bond acceptors (Lipinski definition) is 4. The highest BCUT2D eigenvalue weighted by Crippen LogP contribution is 2.35. The molecule has 156 valence electrons. The van der Waals surface area contributed by atoms with Crippen molar-refractivity contribution >= 4 is 23.3 Å². The van der Waals surface area contributed by atoms with Crippen molar-refractivity contribution < 1.29 is 19.1 Å². The molecule has 0 radical (unpaired) electrons. The van der Waals surface area contributed by atoms with E-state index in [1.54, 1.807) is 25.1 Å². The van der Waals surface area contributed by atoms with Gasteiger partial charge in [0, 0.05) is 18.5 Å². The number of nitrogens with one attached hydrogen (secondary N) is 1. The summed E-state index contributed by atoms with van der Waals surface area (Å²) in [6.45, 7) is 4.11. The number of nitrogens with zero attached hydrogens (tertiary/aromatic N) is 1. The lowest BCUT2D eigenvalue weighted by Crippen LogP contribution is -2.49. The number of benzene rings is 1. The van der Waals surface area contributed by atoms with E-state index in [0.29, 0.717) is 30.0 Å². The SMILES string of the molecule is CCCC(=O)c1ccc2c(c1)N(CC(=O)NCCC1=CCCCC1)C(=O)C(C)O2. The molecule has 3 rings (SSSR count). The molecule has 0 saturated carbocycles.